The third-order valence-electron chi connectivity index (χ3n) is 3.74. The fraction of sp³-hybridized carbons (Fsp3) is 0.462. The van der Waals surface area contributed by atoms with Crippen LogP contribution in [0.25, 0.3) is 10.4 Å². The summed E-state index contributed by atoms with van der Waals surface area (Å²) < 4.78 is 20.8. The van der Waals surface area contributed by atoms with Crippen molar-refractivity contribution >= 4 is 11.8 Å². The van der Waals surface area contributed by atoms with Gasteiger partial charge < -0.3 is 18.9 Å². The summed E-state index contributed by atoms with van der Waals surface area (Å²) in [5.74, 6) is -0.291. The zero-order chi connectivity index (χ0) is 17.1. The molecule has 2 fully saturated rings. The molecule has 11 heteroatoms. The van der Waals surface area contributed by atoms with Gasteiger partial charge in [0.15, 0.2) is 6.29 Å². The highest BCUT2D eigenvalue weighted by molar-refractivity contribution is 5.64. The number of azide groups is 1. The zero-order valence-corrected chi connectivity index (χ0v) is 12.2. The lowest BCUT2D eigenvalue weighted by Gasteiger charge is -2.18. The monoisotopic (exact) mass is 336 g/mol. The van der Waals surface area contributed by atoms with E-state index in [1.165, 1.54) is 24.3 Å². The zero-order valence-electron chi connectivity index (χ0n) is 12.2. The van der Waals surface area contributed by atoms with E-state index in [0.717, 1.165) is 0 Å². The van der Waals surface area contributed by atoms with Crippen LogP contribution in [0.4, 0.5) is 10.5 Å². The molecule has 2 aliphatic heterocycles. The van der Waals surface area contributed by atoms with Gasteiger partial charge in [0.05, 0.1) is 30.1 Å². The van der Waals surface area contributed by atoms with Gasteiger partial charge in [0.1, 0.15) is 11.9 Å². The molecular formula is C13H12N4O7. The molecule has 1 aromatic carbocycles. The van der Waals surface area contributed by atoms with E-state index in [4.69, 9.17) is 24.5 Å². The predicted molar refractivity (Wildman–Crippen MR) is 76.1 cm³/mol. The SMILES string of the molecule is [N-]=[N+]=N[C@H]1CO[C@@H]2OC[C@H](OC(=O)Oc3ccc([N+](=O)[O-])cc3)[C@@H]21. The molecule has 2 saturated heterocycles. The highest BCUT2D eigenvalue weighted by Crippen LogP contribution is 2.35. The molecule has 0 radical (unpaired) electrons. The molecule has 0 spiro atoms. The van der Waals surface area contributed by atoms with Crippen LogP contribution in [0.5, 0.6) is 5.75 Å². The van der Waals surface area contributed by atoms with Crippen LogP contribution in [-0.4, -0.2) is 42.7 Å². The summed E-state index contributed by atoms with van der Waals surface area (Å²) in [5.41, 5.74) is 8.43. The fourth-order valence-electron chi connectivity index (χ4n) is 2.65. The Morgan fingerprint density at radius 1 is 1.33 bits per heavy atom. The molecule has 126 valence electrons. The maximum atomic E-state index is 11.9. The number of nitrogens with zero attached hydrogens (tertiary/aromatic N) is 4. The lowest BCUT2D eigenvalue weighted by molar-refractivity contribution is -0.384. The van der Waals surface area contributed by atoms with E-state index in [1.54, 1.807) is 0 Å². The van der Waals surface area contributed by atoms with E-state index in [9.17, 15) is 14.9 Å². The molecule has 4 atom stereocenters. The largest absolute Gasteiger partial charge is 0.514 e. The summed E-state index contributed by atoms with van der Waals surface area (Å²) in [5, 5.41) is 14.2. The van der Waals surface area contributed by atoms with Gasteiger partial charge in [-0.25, -0.2) is 4.79 Å². The standard InChI is InChI=1S/C13H12N4O7/c14-16-15-9-5-21-12-11(9)10(6-22-12)24-13(18)23-8-3-1-7(2-4-8)17(19)20/h1-4,9-12H,5-6H2/t9-,10-,11-,12+/m0/s1. The maximum Gasteiger partial charge on any atom is 0.514 e. The van der Waals surface area contributed by atoms with Crippen molar-refractivity contribution in [1.82, 2.24) is 0 Å². The number of carbonyl (C=O) groups is 1. The number of fused-ring (bicyclic) bond motifs is 1. The average Bonchev–Trinajstić information content (AvgIpc) is 3.12. The van der Waals surface area contributed by atoms with Crippen molar-refractivity contribution in [3.05, 3.63) is 44.8 Å². The Bertz CT molecular complexity index is 688. The predicted octanol–water partition coefficient (Wildman–Crippen LogP) is 2.16. The summed E-state index contributed by atoms with van der Waals surface area (Å²) in [6.07, 6.45) is -2.24. The van der Waals surface area contributed by atoms with Gasteiger partial charge in [-0.1, -0.05) is 5.11 Å². The van der Waals surface area contributed by atoms with Crippen molar-refractivity contribution in [3.63, 3.8) is 0 Å². The molecule has 0 aliphatic carbocycles. The van der Waals surface area contributed by atoms with Gasteiger partial charge in [0.2, 0.25) is 0 Å². The van der Waals surface area contributed by atoms with Crippen molar-refractivity contribution < 1.29 is 28.7 Å². The number of carbonyl (C=O) groups excluding carboxylic acids is 1. The Kier molecular flexibility index (Phi) is 4.47. The molecule has 11 nitrogen and oxygen atoms in total. The lowest BCUT2D eigenvalue weighted by Crippen LogP contribution is -2.33. The molecule has 0 amide bonds. The summed E-state index contributed by atoms with van der Waals surface area (Å²) in [7, 11) is 0. The Balaban J connectivity index is 1.60. The number of nitro benzene ring substituents is 1. The summed E-state index contributed by atoms with van der Waals surface area (Å²) >= 11 is 0. The third kappa shape index (κ3) is 3.23. The topological polar surface area (TPSA) is 146 Å². The van der Waals surface area contributed by atoms with Crippen molar-refractivity contribution in [2.24, 2.45) is 11.0 Å². The second-order valence-electron chi connectivity index (χ2n) is 5.14. The number of non-ortho nitro benzene ring substituents is 1. The first-order chi connectivity index (χ1) is 11.6. The Morgan fingerprint density at radius 2 is 2.04 bits per heavy atom. The van der Waals surface area contributed by atoms with Gasteiger partial charge in [0, 0.05) is 17.0 Å². The summed E-state index contributed by atoms with van der Waals surface area (Å²) in [4.78, 5) is 24.6. The molecule has 0 aromatic heterocycles. The van der Waals surface area contributed by atoms with Gasteiger partial charge >= 0.3 is 6.16 Å². The maximum absolute atomic E-state index is 11.9. The van der Waals surface area contributed by atoms with Crippen LogP contribution < -0.4 is 4.74 Å². The second-order valence-corrected chi connectivity index (χ2v) is 5.14. The van der Waals surface area contributed by atoms with Gasteiger partial charge in [-0.15, -0.1) is 0 Å². The van der Waals surface area contributed by atoms with E-state index in [1.807, 2.05) is 0 Å². The average molecular weight is 336 g/mol. The number of hydrogen-bond acceptors (Lipinski definition) is 8. The van der Waals surface area contributed by atoms with E-state index in [-0.39, 0.29) is 24.7 Å². The Labute approximate surface area is 134 Å². The van der Waals surface area contributed by atoms with E-state index in [2.05, 4.69) is 10.0 Å². The molecule has 24 heavy (non-hydrogen) atoms. The lowest BCUT2D eigenvalue weighted by atomic mass is 9.99. The van der Waals surface area contributed by atoms with Crippen LogP contribution >= 0.6 is 0 Å². The summed E-state index contributed by atoms with van der Waals surface area (Å²) in [6.45, 7) is 0.290. The van der Waals surface area contributed by atoms with Crippen LogP contribution in [-0.2, 0) is 14.2 Å². The van der Waals surface area contributed by atoms with Crippen LogP contribution in [0.2, 0.25) is 0 Å². The molecule has 1 aromatic rings. The van der Waals surface area contributed by atoms with Gasteiger partial charge in [0.25, 0.3) is 5.69 Å². The first-order valence-electron chi connectivity index (χ1n) is 6.99. The highest BCUT2D eigenvalue weighted by Gasteiger charge is 2.49. The number of benzene rings is 1. The van der Waals surface area contributed by atoms with Crippen molar-refractivity contribution in [2.45, 2.75) is 18.4 Å². The van der Waals surface area contributed by atoms with E-state index >= 15 is 0 Å². The normalized spacial score (nSPS) is 27.8. The van der Waals surface area contributed by atoms with Gasteiger partial charge in [-0.3, -0.25) is 10.1 Å². The number of nitro groups is 1. The molecular weight excluding hydrogens is 324 g/mol. The molecule has 0 unspecified atom stereocenters. The minimum atomic E-state index is -0.982. The van der Waals surface area contributed by atoms with Crippen molar-refractivity contribution in [1.29, 1.82) is 0 Å². The van der Waals surface area contributed by atoms with Crippen LogP contribution in [0.1, 0.15) is 0 Å². The third-order valence-corrected chi connectivity index (χ3v) is 3.74. The molecule has 2 heterocycles. The van der Waals surface area contributed by atoms with Crippen LogP contribution in [0.3, 0.4) is 0 Å². The minimum Gasteiger partial charge on any atom is -0.428 e. The van der Waals surface area contributed by atoms with E-state index in [0.29, 0.717) is 0 Å². The minimum absolute atomic E-state index is 0.0993. The molecule has 0 bridgehead atoms. The molecule has 0 saturated carbocycles. The fourth-order valence-corrected chi connectivity index (χ4v) is 2.65. The molecule has 0 N–H and O–H groups in total. The van der Waals surface area contributed by atoms with Crippen LogP contribution in [0.15, 0.2) is 29.4 Å². The second kappa shape index (κ2) is 6.71. The number of hydrogen-bond donors (Lipinski definition) is 0. The summed E-state index contributed by atoms with van der Waals surface area (Å²) in [6, 6.07) is 4.50. The number of ether oxygens (including phenoxy) is 4. The number of rotatable bonds is 4. The quantitative estimate of drug-likeness (QED) is 0.156. The van der Waals surface area contributed by atoms with Gasteiger partial charge in [-0.05, 0) is 17.7 Å². The van der Waals surface area contributed by atoms with Crippen molar-refractivity contribution in [3.8, 4) is 5.75 Å². The Hall–Kier alpha value is -2.88. The smallest absolute Gasteiger partial charge is 0.428 e. The van der Waals surface area contributed by atoms with Crippen LogP contribution in [0, 0.1) is 16.0 Å². The molecule has 3 rings (SSSR count). The first kappa shape index (κ1) is 16.0. The van der Waals surface area contributed by atoms with Crippen molar-refractivity contribution in [2.75, 3.05) is 13.2 Å². The van der Waals surface area contributed by atoms with Gasteiger partial charge in [-0.2, -0.15) is 0 Å². The highest BCUT2D eigenvalue weighted by atomic mass is 16.8. The molecule has 2 aliphatic rings. The van der Waals surface area contributed by atoms with E-state index < -0.39 is 35.4 Å². The first-order valence-corrected chi connectivity index (χ1v) is 6.99. The Morgan fingerprint density at radius 3 is 2.71 bits per heavy atom.